The Balaban J connectivity index is 1.84. The van der Waals surface area contributed by atoms with Crippen molar-refractivity contribution in [3.05, 3.63) is 35.6 Å². The number of sulfonamides is 1. The van der Waals surface area contributed by atoms with Crippen LogP contribution in [0.5, 0.6) is 5.75 Å². The predicted octanol–water partition coefficient (Wildman–Crippen LogP) is 2.09. The first-order valence-electron chi connectivity index (χ1n) is 8.23. The van der Waals surface area contributed by atoms with Gasteiger partial charge in [0.2, 0.25) is 15.9 Å². The summed E-state index contributed by atoms with van der Waals surface area (Å²) in [6.45, 7) is 3.78. The minimum absolute atomic E-state index is 0.146. The van der Waals surface area contributed by atoms with E-state index in [0.29, 0.717) is 36.5 Å². The second-order valence-electron chi connectivity index (χ2n) is 6.22. The van der Waals surface area contributed by atoms with E-state index < -0.39 is 22.0 Å². The minimum atomic E-state index is -3.79. The van der Waals surface area contributed by atoms with Gasteiger partial charge < -0.3 is 14.6 Å². The normalized spacial score (nSPS) is 18.0. The number of nitrogens with zero attached hydrogens (tertiary/aromatic N) is 2. The largest absolute Gasteiger partial charge is 0.496 e. The molecule has 1 aliphatic rings. The van der Waals surface area contributed by atoms with Crippen molar-refractivity contribution in [1.82, 2.24) is 9.46 Å². The van der Waals surface area contributed by atoms with Crippen LogP contribution in [-0.2, 0) is 14.8 Å². The highest BCUT2D eigenvalue weighted by molar-refractivity contribution is 7.89. The number of carbonyl (C=O) groups excluding carboxylic acids is 1. The number of aryl methyl sites for hydroxylation is 2. The Morgan fingerprint density at radius 3 is 2.73 bits per heavy atom. The maximum atomic E-state index is 13.0. The zero-order valence-electron chi connectivity index (χ0n) is 14.9. The van der Waals surface area contributed by atoms with Gasteiger partial charge in [-0.15, -0.1) is 0 Å². The Morgan fingerprint density at radius 1 is 1.35 bits per heavy atom. The topological polar surface area (TPSA) is 102 Å². The molecule has 0 radical (unpaired) electrons. The van der Waals surface area contributed by atoms with Crippen LogP contribution in [0, 0.1) is 13.8 Å². The molecule has 0 spiro atoms. The molecule has 0 unspecified atom stereocenters. The molecule has 1 fully saturated rings. The van der Waals surface area contributed by atoms with Gasteiger partial charge in [-0.05, 0) is 50.5 Å². The lowest BCUT2D eigenvalue weighted by Gasteiger charge is -2.23. The van der Waals surface area contributed by atoms with Crippen LogP contribution < -0.4 is 10.1 Å². The summed E-state index contributed by atoms with van der Waals surface area (Å²) in [6, 6.07) is 5.47. The van der Waals surface area contributed by atoms with Crippen LogP contribution in [0.25, 0.3) is 0 Å². The molecule has 1 amide bonds. The summed E-state index contributed by atoms with van der Waals surface area (Å²) < 4.78 is 37.4. The molecule has 0 aliphatic carbocycles. The summed E-state index contributed by atoms with van der Waals surface area (Å²) >= 11 is 0. The summed E-state index contributed by atoms with van der Waals surface area (Å²) in [5.74, 6) is 1.03. The number of hydrogen-bond acceptors (Lipinski definition) is 6. The number of aromatic nitrogens is 1. The highest BCUT2D eigenvalue weighted by Crippen LogP contribution is 2.29. The number of benzene rings is 1. The number of carbonyl (C=O) groups is 1. The number of hydrogen-bond donors (Lipinski definition) is 1. The third-order valence-corrected chi connectivity index (χ3v) is 6.26. The van der Waals surface area contributed by atoms with E-state index in [1.165, 1.54) is 17.5 Å². The number of amides is 1. The standard InChI is InChI=1S/C17H21N3O5S/c1-11-9-13(6-7-15(11)24-3)26(22,23)20-8-4-5-14(20)17(21)18-16-10-12(2)25-19-16/h6-7,9-10,14H,4-5,8H2,1-3H3,(H,18,19,21)/t14-/m0/s1. The van der Waals surface area contributed by atoms with E-state index in [0.717, 1.165) is 0 Å². The summed E-state index contributed by atoms with van der Waals surface area (Å²) in [4.78, 5) is 12.7. The third-order valence-electron chi connectivity index (χ3n) is 4.36. The molecular weight excluding hydrogens is 358 g/mol. The van der Waals surface area contributed by atoms with Crippen LogP contribution in [0.3, 0.4) is 0 Å². The van der Waals surface area contributed by atoms with Crippen molar-refractivity contribution in [3.8, 4) is 5.75 Å². The number of rotatable bonds is 5. The molecule has 9 heteroatoms. The van der Waals surface area contributed by atoms with Crippen molar-refractivity contribution < 1.29 is 22.5 Å². The lowest BCUT2D eigenvalue weighted by Crippen LogP contribution is -2.43. The van der Waals surface area contributed by atoms with Crippen LogP contribution in [0.1, 0.15) is 24.2 Å². The molecule has 140 valence electrons. The third kappa shape index (κ3) is 3.45. The van der Waals surface area contributed by atoms with Crippen molar-refractivity contribution in [2.75, 3.05) is 19.0 Å². The Bertz CT molecular complexity index is 922. The van der Waals surface area contributed by atoms with Crippen LogP contribution >= 0.6 is 0 Å². The van der Waals surface area contributed by atoms with Crippen molar-refractivity contribution >= 4 is 21.7 Å². The van der Waals surface area contributed by atoms with Crippen molar-refractivity contribution in [2.45, 2.75) is 37.6 Å². The summed E-state index contributed by atoms with van der Waals surface area (Å²) in [7, 11) is -2.26. The molecule has 8 nitrogen and oxygen atoms in total. The van der Waals surface area contributed by atoms with E-state index in [-0.39, 0.29) is 10.7 Å². The molecule has 0 bridgehead atoms. The molecule has 1 aromatic carbocycles. The second-order valence-corrected chi connectivity index (χ2v) is 8.11. The van der Waals surface area contributed by atoms with Gasteiger partial charge in [0.1, 0.15) is 17.6 Å². The van der Waals surface area contributed by atoms with E-state index in [1.807, 2.05) is 0 Å². The number of methoxy groups -OCH3 is 1. The van der Waals surface area contributed by atoms with Gasteiger partial charge in [0.25, 0.3) is 0 Å². The molecule has 0 saturated carbocycles. The molecule has 1 atom stereocenters. The first-order valence-corrected chi connectivity index (χ1v) is 9.67. The van der Waals surface area contributed by atoms with Crippen molar-refractivity contribution in [1.29, 1.82) is 0 Å². The van der Waals surface area contributed by atoms with Crippen molar-refractivity contribution in [2.24, 2.45) is 0 Å². The van der Waals surface area contributed by atoms with Crippen LogP contribution in [-0.4, -0.2) is 43.5 Å². The van der Waals surface area contributed by atoms with Gasteiger partial charge in [0.05, 0.1) is 12.0 Å². The lowest BCUT2D eigenvalue weighted by atomic mass is 10.2. The Morgan fingerprint density at radius 2 is 2.12 bits per heavy atom. The average molecular weight is 379 g/mol. The summed E-state index contributed by atoms with van der Waals surface area (Å²) in [5.41, 5.74) is 0.715. The van der Waals surface area contributed by atoms with Gasteiger partial charge >= 0.3 is 0 Å². The van der Waals surface area contributed by atoms with E-state index in [4.69, 9.17) is 9.26 Å². The molecule has 2 heterocycles. The minimum Gasteiger partial charge on any atom is -0.496 e. The molecule has 3 rings (SSSR count). The molecule has 1 aromatic heterocycles. The highest BCUT2D eigenvalue weighted by Gasteiger charge is 2.39. The van der Waals surface area contributed by atoms with Crippen LogP contribution in [0.4, 0.5) is 5.82 Å². The Kier molecular flexibility index (Phi) is 5.01. The van der Waals surface area contributed by atoms with Crippen LogP contribution in [0.2, 0.25) is 0 Å². The van der Waals surface area contributed by atoms with Gasteiger partial charge in [-0.2, -0.15) is 4.31 Å². The Labute approximate surface area is 152 Å². The van der Waals surface area contributed by atoms with E-state index in [9.17, 15) is 13.2 Å². The van der Waals surface area contributed by atoms with Gasteiger partial charge in [0, 0.05) is 12.6 Å². The first-order chi connectivity index (χ1) is 12.3. The first kappa shape index (κ1) is 18.4. The second kappa shape index (κ2) is 7.08. The zero-order valence-corrected chi connectivity index (χ0v) is 15.7. The van der Waals surface area contributed by atoms with Crippen molar-refractivity contribution in [3.63, 3.8) is 0 Å². The summed E-state index contributed by atoms with van der Waals surface area (Å²) in [6.07, 6.45) is 1.07. The molecular formula is C17H21N3O5S. The molecule has 1 N–H and O–H groups in total. The van der Waals surface area contributed by atoms with E-state index in [1.54, 1.807) is 32.0 Å². The number of anilines is 1. The van der Waals surface area contributed by atoms with Gasteiger partial charge in [0.15, 0.2) is 5.82 Å². The maximum Gasteiger partial charge on any atom is 0.244 e. The zero-order chi connectivity index (χ0) is 18.9. The predicted molar refractivity (Wildman–Crippen MR) is 94.5 cm³/mol. The van der Waals surface area contributed by atoms with E-state index in [2.05, 4.69) is 10.5 Å². The smallest absolute Gasteiger partial charge is 0.244 e. The molecule has 1 saturated heterocycles. The summed E-state index contributed by atoms with van der Waals surface area (Å²) in [5, 5.41) is 6.33. The molecule has 26 heavy (non-hydrogen) atoms. The Hall–Kier alpha value is -2.39. The quantitative estimate of drug-likeness (QED) is 0.853. The number of ether oxygens (including phenoxy) is 1. The van der Waals surface area contributed by atoms with Gasteiger partial charge in [-0.3, -0.25) is 4.79 Å². The monoisotopic (exact) mass is 379 g/mol. The van der Waals surface area contributed by atoms with E-state index >= 15 is 0 Å². The average Bonchev–Trinajstić information content (AvgIpc) is 3.24. The van der Waals surface area contributed by atoms with Gasteiger partial charge in [-0.1, -0.05) is 5.16 Å². The fourth-order valence-corrected chi connectivity index (χ4v) is 4.81. The highest BCUT2D eigenvalue weighted by atomic mass is 32.2. The van der Waals surface area contributed by atoms with Crippen LogP contribution in [0.15, 0.2) is 33.7 Å². The SMILES string of the molecule is COc1ccc(S(=O)(=O)N2CCC[C@H]2C(=O)Nc2cc(C)on2)cc1C. The molecule has 2 aromatic rings. The number of nitrogens with one attached hydrogen (secondary N) is 1. The van der Waals surface area contributed by atoms with Gasteiger partial charge in [-0.25, -0.2) is 8.42 Å². The maximum absolute atomic E-state index is 13.0. The molecule has 1 aliphatic heterocycles. The lowest BCUT2D eigenvalue weighted by molar-refractivity contribution is -0.119. The fraction of sp³-hybridized carbons (Fsp3) is 0.412. The fourth-order valence-electron chi connectivity index (χ4n) is 3.07.